The molecule has 0 aliphatic rings. The van der Waals surface area contributed by atoms with Gasteiger partial charge in [-0.15, -0.1) is 0 Å². The Hall–Kier alpha value is -2.68. The summed E-state index contributed by atoms with van der Waals surface area (Å²) in [6.07, 6.45) is -10.2. The van der Waals surface area contributed by atoms with Gasteiger partial charge in [0.15, 0.2) is 12.2 Å². The number of amides is 4. The first-order valence-electron chi connectivity index (χ1n) is 10.7. The number of alkyl carbamates (subject to hydrolysis) is 2. The molecule has 0 heterocycles. The molecule has 0 aromatic rings. The maximum Gasteiger partial charge on any atom is 0.407 e. The average molecular weight is 495 g/mol. The van der Waals surface area contributed by atoms with E-state index in [1.54, 1.807) is 41.5 Å². The van der Waals surface area contributed by atoms with Crippen LogP contribution in [-0.2, 0) is 19.1 Å². The zero-order valence-electron chi connectivity index (χ0n) is 20.4. The standard InChI is InChI=1S/C20H38N4O10/c1-19(2,3)33-17(31)23-9-7-21-15(29)13(27)11(25)12(26)14(28)16(30)22-8-10-24-18(32)34-20(4,5)6/h11-14,25-28H,7-10H2,1-6H3,(H,21,29)(H,22,30)(H,23,31)(H,24,32). The molecule has 0 aliphatic heterocycles. The molecule has 8 N–H and O–H groups in total. The minimum absolute atomic E-state index is 0.0472. The molecule has 0 aromatic carbocycles. The van der Waals surface area contributed by atoms with Gasteiger partial charge in [0.25, 0.3) is 11.8 Å². The predicted molar refractivity (Wildman–Crippen MR) is 119 cm³/mol. The quantitative estimate of drug-likeness (QED) is 0.144. The maximum absolute atomic E-state index is 11.9. The van der Waals surface area contributed by atoms with Crippen LogP contribution in [0.3, 0.4) is 0 Å². The molecule has 0 fully saturated rings. The second-order valence-electron chi connectivity index (χ2n) is 9.31. The van der Waals surface area contributed by atoms with E-state index in [1.807, 2.05) is 0 Å². The summed E-state index contributed by atoms with van der Waals surface area (Å²) in [7, 11) is 0. The largest absolute Gasteiger partial charge is 0.444 e. The maximum atomic E-state index is 11.9. The van der Waals surface area contributed by atoms with E-state index in [4.69, 9.17) is 9.47 Å². The highest BCUT2D eigenvalue weighted by Crippen LogP contribution is 2.08. The highest BCUT2D eigenvalue weighted by Gasteiger charge is 2.37. The van der Waals surface area contributed by atoms with Crippen LogP contribution in [0, 0.1) is 0 Å². The van der Waals surface area contributed by atoms with Gasteiger partial charge in [0, 0.05) is 26.2 Å². The number of aliphatic hydroxyl groups excluding tert-OH is 4. The second kappa shape index (κ2) is 13.9. The van der Waals surface area contributed by atoms with Gasteiger partial charge in [-0.3, -0.25) is 9.59 Å². The van der Waals surface area contributed by atoms with E-state index in [2.05, 4.69) is 21.3 Å². The number of aliphatic hydroxyl groups is 4. The Balaban J connectivity index is 4.38. The van der Waals surface area contributed by atoms with Crippen LogP contribution in [-0.4, -0.2) is 106 Å². The van der Waals surface area contributed by atoms with Gasteiger partial charge in [-0.1, -0.05) is 0 Å². The molecule has 14 heteroatoms. The summed E-state index contributed by atoms with van der Waals surface area (Å²) in [6, 6.07) is 0. The molecule has 0 spiro atoms. The Morgan fingerprint density at radius 1 is 0.588 bits per heavy atom. The van der Waals surface area contributed by atoms with E-state index < -0.39 is 59.6 Å². The molecule has 14 nitrogen and oxygen atoms in total. The van der Waals surface area contributed by atoms with E-state index >= 15 is 0 Å². The van der Waals surface area contributed by atoms with Gasteiger partial charge >= 0.3 is 12.2 Å². The first kappa shape index (κ1) is 31.3. The fourth-order valence-electron chi connectivity index (χ4n) is 2.22. The number of hydrogen-bond acceptors (Lipinski definition) is 10. The summed E-state index contributed by atoms with van der Waals surface area (Å²) in [6.45, 7) is 9.68. The van der Waals surface area contributed by atoms with Crippen molar-refractivity contribution in [3.8, 4) is 0 Å². The van der Waals surface area contributed by atoms with Crippen LogP contribution < -0.4 is 21.3 Å². The third-order valence-electron chi connectivity index (χ3n) is 3.72. The zero-order chi connectivity index (χ0) is 26.7. The Bertz CT molecular complexity index is 632. The SMILES string of the molecule is CC(C)(C)OC(=O)NCCNC(=O)C(O)C(O)C(O)C(O)C(=O)NCCNC(=O)OC(C)(C)C. The number of rotatable bonds is 11. The van der Waals surface area contributed by atoms with Crippen LogP contribution in [0.25, 0.3) is 0 Å². The van der Waals surface area contributed by atoms with Crippen molar-refractivity contribution in [1.82, 2.24) is 21.3 Å². The van der Waals surface area contributed by atoms with E-state index in [0.29, 0.717) is 0 Å². The molecule has 0 aromatic heterocycles. The molecule has 34 heavy (non-hydrogen) atoms. The predicted octanol–water partition coefficient (Wildman–Crippen LogP) is -2.29. The summed E-state index contributed by atoms with van der Waals surface area (Å²) >= 11 is 0. The zero-order valence-corrected chi connectivity index (χ0v) is 20.4. The summed E-state index contributed by atoms with van der Waals surface area (Å²) in [5, 5.41) is 48.8. The molecule has 198 valence electrons. The molecule has 0 bridgehead atoms. The lowest BCUT2D eigenvalue weighted by Crippen LogP contribution is -2.55. The van der Waals surface area contributed by atoms with Crippen LogP contribution >= 0.6 is 0 Å². The lowest BCUT2D eigenvalue weighted by Gasteiger charge is -2.25. The first-order valence-corrected chi connectivity index (χ1v) is 10.7. The lowest BCUT2D eigenvalue weighted by atomic mass is 10.0. The van der Waals surface area contributed by atoms with E-state index in [9.17, 15) is 39.6 Å². The highest BCUT2D eigenvalue weighted by molar-refractivity contribution is 5.83. The molecule has 0 radical (unpaired) electrons. The smallest absolute Gasteiger partial charge is 0.407 e. The Morgan fingerprint density at radius 2 is 0.853 bits per heavy atom. The molecule has 0 aliphatic carbocycles. The molecule has 4 unspecified atom stereocenters. The average Bonchev–Trinajstić information content (AvgIpc) is 2.69. The third-order valence-corrected chi connectivity index (χ3v) is 3.72. The molecular weight excluding hydrogens is 456 g/mol. The summed E-state index contributed by atoms with van der Waals surface area (Å²) in [5.74, 6) is -2.21. The van der Waals surface area contributed by atoms with Gasteiger partial charge in [0.05, 0.1) is 0 Å². The fraction of sp³-hybridized carbons (Fsp3) is 0.800. The van der Waals surface area contributed by atoms with Crippen molar-refractivity contribution in [1.29, 1.82) is 0 Å². The Labute approximate surface area is 198 Å². The van der Waals surface area contributed by atoms with Crippen molar-refractivity contribution in [2.75, 3.05) is 26.2 Å². The van der Waals surface area contributed by atoms with Gasteiger partial charge in [0.2, 0.25) is 0 Å². The first-order chi connectivity index (χ1) is 15.4. The van der Waals surface area contributed by atoms with Crippen LogP contribution in [0.2, 0.25) is 0 Å². The third kappa shape index (κ3) is 13.8. The number of carbonyl (C=O) groups is 4. The lowest BCUT2D eigenvalue weighted by molar-refractivity contribution is -0.155. The van der Waals surface area contributed by atoms with E-state index in [-0.39, 0.29) is 26.2 Å². The minimum atomic E-state index is -2.19. The van der Waals surface area contributed by atoms with Gasteiger partial charge in [-0.2, -0.15) is 0 Å². The molecule has 4 atom stereocenters. The number of carbonyl (C=O) groups excluding carboxylic acids is 4. The van der Waals surface area contributed by atoms with E-state index in [0.717, 1.165) is 0 Å². The van der Waals surface area contributed by atoms with Gasteiger partial charge in [0.1, 0.15) is 23.4 Å². The van der Waals surface area contributed by atoms with Crippen molar-refractivity contribution >= 4 is 24.0 Å². The van der Waals surface area contributed by atoms with Gasteiger partial charge < -0.3 is 51.2 Å². The fourth-order valence-corrected chi connectivity index (χ4v) is 2.22. The van der Waals surface area contributed by atoms with Crippen LogP contribution in [0.5, 0.6) is 0 Å². The minimum Gasteiger partial charge on any atom is -0.444 e. The van der Waals surface area contributed by atoms with Crippen LogP contribution in [0.15, 0.2) is 0 Å². The summed E-state index contributed by atoms with van der Waals surface area (Å²) in [4.78, 5) is 46.8. The number of ether oxygens (including phenoxy) is 2. The van der Waals surface area contributed by atoms with Crippen molar-refractivity contribution in [2.24, 2.45) is 0 Å². The molecule has 0 saturated heterocycles. The summed E-state index contributed by atoms with van der Waals surface area (Å²) < 4.78 is 10.00. The highest BCUT2D eigenvalue weighted by atomic mass is 16.6. The Morgan fingerprint density at radius 3 is 1.12 bits per heavy atom. The number of hydrogen-bond donors (Lipinski definition) is 8. The van der Waals surface area contributed by atoms with Crippen molar-refractivity contribution < 1.29 is 49.1 Å². The molecule has 0 rings (SSSR count). The monoisotopic (exact) mass is 494 g/mol. The molecular formula is C20H38N4O10. The van der Waals surface area contributed by atoms with Crippen molar-refractivity contribution in [3.05, 3.63) is 0 Å². The second-order valence-corrected chi connectivity index (χ2v) is 9.31. The summed E-state index contributed by atoms with van der Waals surface area (Å²) in [5.41, 5.74) is -1.41. The van der Waals surface area contributed by atoms with Crippen LogP contribution in [0.4, 0.5) is 9.59 Å². The Kier molecular flexibility index (Phi) is 12.8. The van der Waals surface area contributed by atoms with Crippen molar-refractivity contribution in [2.45, 2.75) is 77.2 Å². The molecule has 4 amide bonds. The van der Waals surface area contributed by atoms with E-state index in [1.165, 1.54) is 0 Å². The molecule has 0 saturated carbocycles. The normalized spacial score (nSPS) is 15.2. The van der Waals surface area contributed by atoms with Crippen LogP contribution in [0.1, 0.15) is 41.5 Å². The van der Waals surface area contributed by atoms with Crippen molar-refractivity contribution in [3.63, 3.8) is 0 Å². The van der Waals surface area contributed by atoms with Gasteiger partial charge in [-0.25, -0.2) is 9.59 Å². The number of nitrogens with one attached hydrogen (secondary N) is 4. The topological polar surface area (TPSA) is 216 Å². The van der Waals surface area contributed by atoms with Gasteiger partial charge in [-0.05, 0) is 41.5 Å².